The quantitative estimate of drug-likeness (QED) is 0.129. The third-order valence-corrected chi connectivity index (χ3v) is 8.53. The van der Waals surface area contributed by atoms with E-state index >= 15 is 0 Å². The summed E-state index contributed by atoms with van der Waals surface area (Å²) in [6, 6.07) is 17.4. The lowest BCUT2D eigenvalue weighted by molar-refractivity contribution is 0.111. The number of aryl methyl sites for hydroxylation is 2. The minimum Gasteiger partial charge on any atom is -0.506 e. The standard InChI is InChI=1S/C21H24N4O2.C12H16N4O.C9H9FO/c1-5-15-6-7-16(14-26)20(10-15)27-17-8-9-18(22-11-17)19-12-23-21(25(19)4)13-24(2)3;1-15(2)8-12-14-7-11(16(12)3)10-5-4-9(17)6-13-10;1-2-7-3-4-8(6-11)9(10)5-7/h6-12,14H,5,13H2,1-4H3;4-7,17H,8H2,1-3H3;3-6H,2H2,1H3. The highest BCUT2D eigenvalue weighted by molar-refractivity contribution is 5.79. The molecule has 0 saturated heterocycles. The Kier molecular flexibility index (Phi) is 15.1. The Morgan fingerprint density at radius 1 is 0.673 bits per heavy atom. The van der Waals surface area contributed by atoms with Crippen LogP contribution in [0.4, 0.5) is 4.39 Å². The van der Waals surface area contributed by atoms with Crippen molar-refractivity contribution in [2.75, 3.05) is 28.2 Å². The Morgan fingerprint density at radius 2 is 1.18 bits per heavy atom. The third-order valence-electron chi connectivity index (χ3n) is 8.53. The van der Waals surface area contributed by atoms with E-state index in [-0.39, 0.29) is 11.3 Å². The summed E-state index contributed by atoms with van der Waals surface area (Å²) in [6.45, 7) is 5.55. The molecule has 0 saturated carbocycles. The second-order valence-electron chi connectivity index (χ2n) is 13.3. The molecular weight excluding hydrogens is 700 g/mol. The number of aldehydes is 2. The number of ether oxygens (including phenoxy) is 1. The van der Waals surface area contributed by atoms with Crippen molar-refractivity contribution in [1.82, 2.24) is 38.9 Å². The number of aromatic hydroxyl groups is 1. The molecule has 2 aromatic carbocycles. The summed E-state index contributed by atoms with van der Waals surface area (Å²) in [7, 11) is 12.0. The van der Waals surface area contributed by atoms with Crippen molar-refractivity contribution in [2.24, 2.45) is 14.1 Å². The number of aromatic nitrogens is 6. The van der Waals surface area contributed by atoms with Gasteiger partial charge in [0.25, 0.3) is 0 Å². The molecule has 0 atom stereocenters. The summed E-state index contributed by atoms with van der Waals surface area (Å²) < 4.78 is 22.8. The Bertz CT molecular complexity index is 2160. The lowest BCUT2D eigenvalue weighted by Gasteiger charge is -2.11. The van der Waals surface area contributed by atoms with E-state index < -0.39 is 5.82 Å². The van der Waals surface area contributed by atoms with Crippen LogP contribution in [0.3, 0.4) is 0 Å². The van der Waals surface area contributed by atoms with E-state index in [0.29, 0.717) is 23.3 Å². The van der Waals surface area contributed by atoms with E-state index in [4.69, 9.17) is 4.74 Å². The first-order valence-corrected chi connectivity index (χ1v) is 17.8. The summed E-state index contributed by atoms with van der Waals surface area (Å²) in [5.41, 5.74) is 6.19. The highest BCUT2D eigenvalue weighted by Gasteiger charge is 2.13. The van der Waals surface area contributed by atoms with Gasteiger partial charge in [-0.05, 0) is 101 Å². The van der Waals surface area contributed by atoms with Gasteiger partial charge in [0.2, 0.25) is 0 Å². The van der Waals surface area contributed by atoms with Gasteiger partial charge in [-0.2, -0.15) is 0 Å². The maximum atomic E-state index is 12.8. The summed E-state index contributed by atoms with van der Waals surface area (Å²) >= 11 is 0. The molecule has 12 nitrogen and oxygen atoms in total. The molecule has 0 bridgehead atoms. The van der Waals surface area contributed by atoms with Crippen LogP contribution in [-0.4, -0.2) is 84.7 Å². The molecule has 0 aliphatic carbocycles. The SMILES string of the molecule is CCc1ccc(C=O)c(F)c1.CCc1ccc(C=O)c(Oc2ccc(-c3cnc(CN(C)C)n3C)nc2)c1.CN(C)Cc1ncc(-c2ccc(O)cn2)n1C. The van der Waals surface area contributed by atoms with Crippen molar-refractivity contribution in [3.05, 3.63) is 125 Å². The van der Waals surface area contributed by atoms with E-state index in [2.05, 4.69) is 36.7 Å². The maximum Gasteiger partial charge on any atom is 0.153 e. The summed E-state index contributed by atoms with van der Waals surface area (Å²) in [5.74, 6) is 2.84. The van der Waals surface area contributed by atoms with Crippen LogP contribution in [-0.2, 0) is 40.0 Å². The summed E-state index contributed by atoms with van der Waals surface area (Å²) in [6.07, 6.45) is 9.73. The highest BCUT2D eigenvalue weighted by atomic mass is 19.1. The van der Waals surface area contributed by atoms with Gasteiger partial charge in [-0.15, -0.1) is 0 Å². The molecule has 4 aromatic heterocycles. The largest absolute Gasteiger partial charge is 0.506 e. The molecule has 288 valence electrons. The Labute approximate surface area is 321 Å². The predicted molar refractivity (Wildman–Crippen MR) is 212 cm³/mol. The van der Waals surface area contributed by atoms with Gasteiger partial charge in [-0.1, -0.05) is 26.0 Å². The van der Waals surface area contributed by atoms with E-state index in [1.807, 2.05) is 88.8 Å². The Balaban J connectivity index is 0.000000204. The lowest BCUT2D eigenvalue weighted by Crippen LogP contribution is -2.14. The number of halogens is 1. The zero-order chi connectivity index (χ0) is 40.1. The number of hydrogen-bond donors (Lipinski definition) is 1. The average molecular weight is 749 g/mol. The zero-order valence-electron chi connectivity index (χ0n) is 32.7. The molecule has 0 radical (unpaired) electrons. The minimum absolute atomic E-state index is 0.127. The lowest BCUT2D eigenvalue weighted by atomic mass is 10.1. The molecular formula is C42H49FN8O4. The monoisotopic (exact) mass is 748 g/mol. The summed E-state index contributed by atoms with van der Waals surface area (Å²) in [4.78, 5) is 43.1. The number of nitrogens with zero attached hydrogens (tertiary/aromatic N) is 8. The van der Waals surface area contributed by atoms with Crippen LogP contribution in [0, 0.1) is 5.82 Å². The van der Waals surface area contributed by atoms with E-state index in [0.717, 1.165) is 77.8 Å². The highest BCUT2D eigenvalue weighted by Crippen LogP contribution is 2.27. The van der Waals surface area contributed by atoms with Crippen LogP contribution >= 0.6 is 0 Å². The second-order valence-corrected chi connectivity index (χ2v) is 13.3. The van der Waals surface area contributed by atoms with Crippen LogP contribution < -0.4 is 4.74 Å². The molecule has 55 heavy (non-hydrogen) atoms. The maximum absolute atomic E-state index is 12.8. The van der Waals surface area contributed by atoms with E-state index in [1.165, 1.54) is 18.3 Å². The zero-order valence-corrected chi connectivity index (χ0v) is 32.7. The summed E-state index contributed by atoms with van der Waals surface area (Å²) in [5, 5.41) is 9.21. The minimum atomic E-state index is -0.431. The molecule has 0 spiro atoms. The number of imidazole rings is 2. The average Bonchev–Trinajstić information content (AvgIpc) is 3.72. The van der Waals surface area contributed by atoms with Gasteiger partial charge in [0.15, 0.2) is 12.6 Å². The van der Waals surface area contributed by atoms with Gasteiger partial charge >= 0.3 is 0 Å². The molecule has 13 heteroatoms. The fourth-order valence-corrected chi connectivity index (χ4v) is 5.36. The van der Waals surface area contributed by atoms with Gasteiger partial charge in [0.1, 0.15) is 34.7 Å². The van der Waals surface area contributed by atoms with E-state index in [1.54, 1.807) is 36.7 Å². The Morgan fingerprint density at radius 3 is 1.62 bits per heavy atom. The molecule has 0 aliphatic heterocycles. The molecule has 0 amide bonds. The van der Waals surface area contributed by atoms with Gasteiger partial charge in [0.05, 0.1) is 71.8 Å². The van der Waals surface area contributed by atoms with Crippen LogP contribution in [0.1, 0.15) is 57.3 Å². The molecule has 6 aromatic rings. The van der Waals surface area contributed by atoms with Crippen LogP contribution in [0.2, 0.25) is 0 Å². The Hall–Kier alpha value is -6.05. The molecule has 6 rings (SSSR count). The van der Waals surface area contributed by atoms with Crippen molar-refractivity contribution in [1.29, 1.82) is 0 Å². The normalized spacial score (nSPS) is 10.7. The van der Waals surface area contributed by atoms with Crippen molar-refractivity contribution in [3.8, 4) is 40.0 Å². The van der Waals surface area contributed by atoms with E-state index in [9.17, 15) is 19.1 Å². The molecule has 0 fully saturated rings. The van der Waals surface area contributed by atoms with Gasteiger partial charge in [-0.25, -0.2) is 14.4 Å². The van der Waals surface area contributed by atoms with Gasteiger partial charge < -0.3 is 28.8 Å². The number of carbonyl (C=O) groups is 2. The smallest absolute Gasteiger partial charge is 0.153 e. The van der Waals surface area contributed by atoms with Crippen molar-refractivity contribution < 1.29 is 23.8 Å². The van der Waals surface area contributed by atoms with Crippen molar-refractivity contribution in [2.45, 2.75) is 39.8 Å². The topological polar surface area (TPSA) is 132 Å². The molecule has 0 aliphatic rings. The third kappa shape index (κ3) is 11.5. The van der Waals surface area contributed by atoms with Crippen molar-refractivity contribution in [3.63, 3.8) is 0 Å². The fraction of sp³-hybridized carbons (Fsp3) is 0.286. The van der Waals surface area contributed by atoms with Gasteiger partial charge in [-0.3, -0.25) is 19.6 Å². The number of carbonyl (C=O) groups excluding carboxylic acids is 2. The number of rotatable bonds is 12. The first-order valence-electron chi connectivity index (χ1n) is 17.8. The molecule has 1 N–H and O–H groups in total. The fourth-order valence-electron chi connectivity index (χ4n) is 5.36. The number of hydrogen-bond acceptors (Lipinski definition) is 10. The van der Waals surface area contributed by atoms with Crippen molar-refractivity contribution >= 4 is 12.6 Å². The molecule has 4 heterocycles. The predicted octanol–water partition coefficient (Wildman–Crippen LogP) is 7.16. The first kappa shape index (κ1) is 41.7. The first-order chi connectivity index (χ1) is 26.4. The molecule has 0 unspecified atom stereocenters. The number of benzene rings is 2. The van der Waals surface area contributed by atoms with Crippen LogP contribution in [0.25, 0.3) is 22.8 Å². The van der Waals surface area contributed by atoms with Crippen LogP contribution in [0.5, 0.6) is 17.2 Å². The van der Waals surface area contributed by atoms with Gasteiger partial charge in [0, 0.05) is 14.1 Å². The second kappa shape index (κ2) is 19.9. The number of pyridine rings is 2. The van der Waals surface area contributed by atoms with Crippen LogP contribution in [0.15, 0.2) is 85.5 Å².